The Morgan fingerprint density at radius 1 is 1.12 bits per heavy atom. The average molecular weight is 457 g/mol. The molecule has 2 atom stereocenters. The van der Waals surface area contributed by atoms with Gasteiger partial charge in [-0.05, 0) is 69.7 Å². The average Bonchev–Trinajstić information content (AvgIpc) is 3.48. The molecule has 2 fully saturated rings. The van der Waals surface area contributed by atoms with E-state index in [-0.39, 0.29) is 30.8 Å². The molecule has 0 saturated heterocycles. The van der Waals surface area contributed by atoms with Crippen LogP contribution < -0.4 is 4.74 Å². The number of aryl methyl sites for hydroxylation is 1. The molecule has 1 N–H and O–H groups in total. The summed E-state index contributed by atoms with van der Waals surface area (Å²) in [5.74, 6) is 0.177. The van der Waals surface area contributed by atoms with E-state index in [2.05, 4.69) is 5.16 Å². The van der Waals surface area contributed by atoms with Crippen LogP contribution in [0.15, 0.2) is 28.8 Å². The van der Waals surface area contributed by atoms with Crippen LogP contribution in [0.5, 0.6) is 5.75 Å². The summed E-state index contributed by atoms with van der Waals surface area (Å²) in [7, 11) is 1.80. The standard InChI is InChI=1S/C25H32N2O6/c1-16-22(15-31-25(30)27(2)19-7-3-4-8-19)23(33-26-16)17-10-12-20(13-11-17)32-21-9-5-6-18(14-21)24(28)29/h10-13,18-19,21H,3-9,14-15H2,1-2H3,(H,28,29)/t18-,21-/m0/s1. The van der Waals surface area contributed by atoms with Crippen molar-refractivity contribution in [2.75, 3.05) is 7.05 Å². The minimum absolute atomic E-state index is 0.0925. The van der Waals surface area contributed by atoms with Gasteiger partial charge < -0.3 is 24.0 Å². The molecule has 2 aliphatic rings. The Morgan fingerprint density at radius 3 is 2.55 bits per heavy atom. The van der Waals surface area contributed by atoms with Gasteiger partial charge in [-0.1, -0.05) is 18.0 Å². The third-order valence-corrected chi connectivity index (χ3v) is 6.88. The second-order valence-corrected chi connectivity index (χ2v) is 9.15. The molecule has 0 radical (unpaired) electrons. The fourth-order valence-corrected chi connectivity index (χ4v) is 4.82. The van der Waals surface area contributed by atoms with E-state index in [1.807, 2.05) is 31.2 Å². The molecule has 33 heavy (non-hydrogen) atoms. The summed E-state index contributed by atoms with van der Waals surface area (Å²) in [6, 6.07) is 7.71. The number of nitrogens with zero attached hydrogens (tertiary/aromatic N) is 2. The topological polar surface area (TPSA) is 102 Å². The van der Waals surface area contributed by atoms with Crippen LogP contribution in [0, 0.1) is 12.8 Å². The highest BCUT2D eigenvalue weighted by molar-refractivity contribution is 5.70. The first-order valence-electron chi connectivity index (χ1n) is 11.8. The van der Waals surface area contributed by atoms with Crippen LogP contribution in [-0.2, 0) is 16.1 Å². The third-order valence-electron chi connectivity index (χ3n) is 6.88. The summed E-state index contributed by atoms with van der Waals surface area (Å²) in [4.78, 5) is 25.5. The Balaban J connectivity index is 1.38. The van der Waals surface area contributed by atoms with E-state index >= 15 is 0 Å². The van der Waals surface area contributed by atoms with Gasteiger partial charge in [0, 0.05) is 18.7 Å². The van der Waals surface area contributed by atoms with E-state index in [0.29, 0.717) is 30.0 Å². The molecule has 0 aliphatic heterocycles. The van der Waals surface area contributed by atoms with Crippen molar-refractivity contribution >= 4 is 12.1 Å². The van der Waals surface area contributed by atoms with Gasteiger partial charge in [0.05, 0.1) is 23.3 Å². The van der Waals surface area contributed by atoms with Crippen molar-refractivity contribution in [1.29, 1.82) is 0 Å². The van der Waals surface area contributed by atoms with E-state index in [0.717, 1.165) is 49.7 Å². The molecule has 1 amide bonds. The number of carboxylic acid groups (broad SMARTS) is 1. The summed E-state index contributed by atoms with van der Waals surface area (Å²) >= 11 is 0. The van der Waals surface area contributed by atoms with Gasteiger partial charge in [0.2, 0.25) is 0 Å². The number of benzene rings is 1. The molecule has 8 nitrogen and oxygen atoms in total. The minimum Gasteiger partial charge on any atom is -0.490 e. The molecule has 1 heterocycles. The first-order chi connectivity index (χ1) is 15.9. The lowest BCUT2D eigenvalue weighted by atomic mass is 9.87. The Bertz CT molecular complexity index is 964. The van der Waals surface area contributed by atoms with Gasteiger partial charge >= 0.3 is 12.1 Å². The van der Waals surface area contributed by atoms with Crippen molar-refractivity contribution in [3.05, 3.63) is 35.5 Å². The molecule has 178 valence electrons. The molecular formula is C25H32N2O6. The largest absolute Gasteiger partial charge is 0.490 e. The lowest BCUT2D eigenvalue weighted by Crippen LogP contribution is -2.35. The zero-order chi connectivity index (χ0) is 23.4. The molecule has 8 heteroatoms. The number of amides is 1. The zero-order valence-electron chi connectivity index (χ0n) is 19.3. The minimum atomic E-state index is -0.748. The summed E-state index contributed by atoms with van der Waals surface area (Å²) in [6.07, 6.45) is 6.88. The fraction of sp³-hybridized carbons (Fsp3) is 0.560. The SMILES string of the molecule is Cc1noc(-c2ccc(O[C@H]3CCC[C@H](C(=O)O)C3)cc2)c1COC(=O)N(C)C1CCCC1. The fourth-order valence-electron chi connectivity index (χ4n) is 4.82. The van der Waals surface area contributed by atoms with Gasteiger partial charge in [0.25, 0.3) is 0 Å². The molecule has 1 aromatic heterocycles. The summed E-state index contributed by atoms with van der Waals surface area (Å²) < 4.78 is 17.1. The van der Waals surface area contributed by atoms with E-state index in [4.69, 9.17) is 14.0 Å². The number of aromatic nitrogens is 1. The molecule has 1 aromatic carbocycles. The molecule has 4 rings (SSSR count). The molecule has 0 unspecified atom stereocenters. The maximum Gasteiger partial charge on any atom is 0.410 e. The van der Waals surface area contributed by atoms with Crippen molar-refractivity contribution in [2.45, 2.75) is 77.0 Å². The Hall–Kier alpha value is -3.03. The van der Waals surface area contributed by atoms with E-state index in [9.17, 15) is 14.7 Å². The van der Waals surface area contributed by atoms with E-state index in [1.165, 1.54) is 0 Å². The monoisotopic (exact) mass is 456 g/mol. The highest BCUT2D eigenvalue weighted by Gasteiger charge is 2.28. The highest BCUT2D eigenvalue weighted by Crippen LogP contribution is 2.31. The molecule has 0 spiro atoms. The predicted octanol–water partition coefficient (Wildman–Crippen LogP) is 5.18. The normalized spacial score (nSPS) is 21.0. The molecular weight excluding hydrogens is 424 g/mol. The quantitative estimate of drug-likeness (QED) is 0.612. The van der Waals surface area contributed by atoms with Crippen molar-refractivity contribution < 1.29 is 28.7 Å². The Labute approximate surface area is 193 Å². The smallest absolute Gasteiger partial charge is 0.410 e. The first kappa shape index (κ1) is 23.1. The number of carbonyl (C=O) groups excluding carboxylic acids is 1. The van der Waals surface area contributed by atoms with Crippen molar-refractivity contribution in [3.8, 4) is 17.1 Å². The maximum absolute atomic E-state index is 12.5. The second kappa shape index (κ2) is 10.3. The van der Waals surface area contributed by atoms with E-state index in [1.54, 1.807) is 11.9 Å². The predicted molar refractivity (Wildman–Crippen MR) is 121 cm³/mol. The second-order valence-electron chi connectivity index (χ2n) is 9.15. The molecule has 2 aliphatic carbocycles. The number of carbonyl (C=O) groups is 2. The van der Waals surface area contributed by atoms with Gasteiger partial charge in [0.15, 0.2) is 5.76 Å². The van der Waals surface area contributed by atoms with Crippen LogP contribution in [-0.4, -0.2) is 46.4 Å². The number of ether oxygens (including phenoxy) is 2. The van der Waals surface area contributed by atoms with Crippen molar-refractivity contribution in [1.82, 2.24) is 10.1 Å². The number of rotatable bonds is 7. The van der Waals surface area contributed by atoms with Crippen LogP contribution in [0.3, 0.4) is 0 Å². The van der Waals surface area contributed by atoms with Gasteiger partial charge in [-0.15, -0.1) is 0 Å². The summed E-state index contributed by atoms with van der Waals surface area (Å²) in [5, 5.41) is 13.3. The lowest BCUT2D eigenvalue weighted by Gasteiger charge is -2.27. The molecule has 0 bridgehead atoms. The van der Waals surface area contributed by atoms with Crippen LogP contribution in [0.1, 0.15) is 62.6 Å². The summed E-state index contributed by atoms with van der Waals surface area (Å²) in [6.45, 7) is 1.92. The molecule has 2 aromatic rings. The van der Waals surface area contributed by atoms with Crippen LogP contribution in [0.4, 0.5) is 4.79 Å². The van der Waals surface area contributed by atoms with Crippen LogP contribution >= 0.6 is 0 Å². The van der Waals surface area contributed by atoms with Crippen molar-refractivity contribution in [3.63, 3.8) is 0 Å². The third kappa shape index (κ3) is 5.49. The number of hydrogen-bond acceptors (Lipinski definition) is 6. The number of carboxylic acids is 1. The lowest BCUT2D eigenvalue weighted by molar-refractivity contribution is -0.143. The Morgan fingerprint density at radius 2 is 1.85 bits per heavy atom. The number of hydrogen-bond donors (Lipinski definition) is 1. The van der Waals surface area contributed by atoms with E-state index < -0.39 is 5.97 Å². The van der Waals surface area contributed by atoms with Gasteiger partial charge in [-0.3, -0.25) is 4.79 Å². The molecule has 2 saturated carbocycles. The van der Waals surface area contributed by atoms with Gasteiger partial charge in [0.1, 0.15) is 12.4 Å². The van der Waals surface area contributed by atoms with Gasteiger partial charge in [-0.25, -0.2) is 4.79 Å². The first-order valence-corrected chi connectivity index (χ1v) is 11.8. The highest BCUT2D eigenvalue weighted by atomic mass is 16.6. The van der Waals surface area contributed by atoms with Crippen LogP contribution in [0.25, 0.3) is 11.3 Å². The number of aliphatic carboxylic acids is 1. The van der Waals surface area contributed by atoms with Crippen molar-refractivity contribution in [2.24, 2.45) is 5.92 Å². The zero-order valence-corrected chi connectivity index (χ0v) is 19.3. The summed E-state index contributed by atoms with van der Waals surface area (Å²) in [5.41, 5.74) is 2.24. The van der Waals surface area contributed by atoms with Crippen LogP contribution in [0.2, 0.25) is 0 Å². The maximum atomic E-state index is 12.5. The van der Waals surface area contributed by atoms with Gasteiger partial charge in [-0.2, -0.15) is 0 Å². The Kier molecular flexibility index (Phi) is 7.20.